The Balaban J connectivity index is 2.06. The molecule has 0 aliphatic heterocycles. The van der Waals surface area contributed by atoms with Crippen molar-refractivity contribution in [1.82, 2.24) is 15.2 Å². The molecule has 1 aromatic carbocycles. The summed E-state index contributed by atoms with van der Waals surface area (Å²) in [5.74, 6) is -1.55. The van der Waals surface area contributed by atoms with E-state index in [2.05, 4.69) is 10.3 Å². The molecule has 0 saturated heterocycles. The highest BCUT2D eigenvalue weighted by atomic mass is 19.1. The van der Waals surface area contributed by atoms with Crippen molar-refractivity contribution in [3.63, 3.8) is 0 Å². The van der Waals surface area contributed by atoms with Gasteiger partial charge >= 0.3 is 5.97 Å². The maximum Gasteiger partial charge on any atom is 0.340 e. The van der Waals surface area contributed by atoms with E-state index in [-0.39, 0.29) is 43.0 Å². The lowest BCUT2D eigenvalue weighted by atomic mass is 10.1. The number of amides is 2. The van der Waals surface area contributed by atoms with Crippen LogP contribution in [0.15, 0.2) is 24.3 Å². The highest BCUT2D eigenvalue weighted by Crippen LogP contribution is 2.20. The van der Waals surface area contributed by atoms with E-state index in [1.165, 1.54) is 17.0 Å². The number of halogens is 1. The average molecular weight is 403 g/mol. The normalized spacial score (nSPS) is 10.5. The van der Waals surface area contributed by atoms with Gasteiger partial charge < -0.3 is 19.9 Å². The summed E-state index contributed by atoms with van der Waals surface area (Å²) in [7, 11) is 0. The highest BCUT2D eigenvalue weighted by Gasteiger charge is 2.26. The molecule has 29 heavy (non-hydrogen) atoms. The Morgan fingerprint density at radius 1 is 1.14 bits per heavy atom. The molecule has 156 valence electrons. The molecule has 7 nitrogen and oxygen atoms in total. The van der Waals surface area contributed by atoms with E-state index >= 15 is 0 Å². The van der Waals surface area contributed by atoms with Crippen LogP contribution in [0.1, 0.15) is 51.5 Å². The second-order valence-corrected chi connectivity index (χ2v) is 6.57. The quantitative estimate of drug-likeness (QED) is 0.663. The van der Waals surface area contributed by atoms with Crippen LogP contribution in [-0.4, -0.2) is 47.4 Å². The molecular weight excluding hydrogens is 377 g/mol. The van der Waals surface area contributed by atoms with Crippen LogP contribution in [0, 0.1) is 19.7 Å². The van der Waals surface area contributed by atoms with Gasteiger partial charge in [-0.3, -0.25) is 9.59 Å². The van der Waals surface area contributed by atoms with Gasteiger partial charge in [0, 0.05) is 18.8 Å². The number of hydrogen-bond acceptors (Lipinski definition) is 4. The summed E-state index contributed by atoms with van der Waals surface area (Å²) in [4.78, 5) is 41.6. The third-order valence-corrected chi connectivity index (χ3v) is 4.54. The number of nitrogens with one attached hydrogen (secondary N) is 2. The molecule has 8 heteroatoms. The van der Waals surface area contributed by atoms with E-state index in [9.17, 15) is 18.8 Å². The van der Waals surface area contributed by atoms with E-state index in [0.29, 0.717) is 23.4 Å². The second-order valence-electron chi connectivity index (χ2n) is 6.57. The first-order chi connectivity index (χ1) is 13.8. The van der Waals surface area contributed by atoms with Crippen molar-refractivity contribution in [2.75, 3.05) is 19.7 Å². The Bertz CT molecular complexity index is 890. The maximum atomic E-state index is 12.9. The van der Waals surface area contributed by atoms with E-state index in [1.807, 2.05) is 0 Å². The molecular formula is C21H26FN3O4. The van der Waals surface area contributed by atoms with Gasteiger partial charge in [0.1, 0.15) is 11.5 Å². The van der Waals surface area contributed by atoms with Crippen LogP contribution in [0.4, 0.5) is 4.39 Å². The number of rotatable bonds is 8. The van der Waals surface area contributed by atoms with Crippen LogP contribution in [-0.2, 0) is 16.1 Å². The molecule has 0 saturated carbocycles. The molecule has 2 amide bonds. The Morgan fingerprint density at radius 2 is 1.79 bits per heavy atom. The predicted molar refractivity (Wildman–Crippen MR) is 106 cm³/mol. The Morgan fingerprint density at radius 3 is 2.38 bits per heavy atom. The number of ether oxygens (including phenoxy) is 1. The molecule has 0 radical (unpaired) electrons. The number of benzene rings is 1. The van der Waals surface area contributed by atoms with E-state index < -0.39 is 5.97 Å². The van der Waals surface area contributed by atoms with Gasteiger partial charge in [-0.25, -0.2) is 9.18 Å². The van der Waals surface area contributed by atoms with Crippen molar-refractivity contribution < 1.29 is 23.5 Å². The highest BCUT2D eigenvalue weighted by molar-refractivity contribution is 6.01. The van der Waals surface area contributed by atoms with Crippen molar-refractivity contribution in [1.29, 1.82) is 0 Å². The molecule has 2 aromatic rings. The summed E-state index contributed by atoms with van der Waals surface area (Å²) in [5.41, 5.74) is 2.40. The van der Waals surface area contributed by atoms with Crippen LogP contribution in [0.2, 0.25) is 0 Å². The molecule has 1 aromatic heterocycles. The summed E-state index contributed by atoms with van der Waals surface area (Å²) < 4.78 is 18.0. The average Bonchev–Trinajstić information content (AvgIpc) is 2.99. The van der Waals surface area contributed by atoms with Gasteiger partial charge in [0.25, 0.3) is 5.91 Å². The van der Waals surface area contributed by atoms with Gasteiger partial charge in [-0.15, -0.1) is 0 Å². The summed E-state index contributed by atoms with van der Waals surface area (Å²) in [6.07, 6.45) is 0. The first kappa shape index (κ1) is 22.1. The fourth-order valence-corrected chi connectivity index (χ4v) is 2.99. The first-order valence-corrected chi connectivity index (χ1v) is 9.45. The number of H-pyrrole nitrogens is 1. The van der Waals surface area contributed by atoms with E-state index in [1.54, 1.807) is 39.8 Å². The van der Waals surface area contributed by atoms with Gasteiger partial charge in [0.15, 0.2) is 0 Å². The van der Waals surface area contributed by atoms with Crippen molar-refractivity contribution in [3.8, 4) is 0 Å². The van der Waals surface area contributed by atoms with Crippen LogP contribution >= 0.6 is 0 Å². The second kappa shape index (κ2) is 9.86. The Labute approximate surface area is 169 Å². The molecule has 1 heterocycles. The minimum absolute atomic E-state index is 0.136. The summed E-state index contributed by atoms with van der Waals surface area (Å²) in [6.45, 7) is 7.50. The lowest BCUT2D eigenvalue weighted by molar-refractivity contribution is -0.121. The van der Waals surface area contributed by atoms with E-state index in [4.69, 9.17) is 4.74 Å². The zero-order valence-corrected chi connectivity index (χ0v) is 17.1. The van der Waals surface area contributed by atoms with Gasteiger partial charge in [-0.1, -0.05) is 12.1 Å². The standard InChI is InChI=1S/C21H26FN3O4/c1-5-25(12-17(26)23-11-15-7-9-16(22)10-8-15)20(27)19-13(3)18(14(4)24-19)21(28)29-6-2/h7-10,24H,5-6,11-12H2,1-4H3,(H,23,26). The van der Waals surface area contributed by atoms with Crippen molar-refractivity contribution in [2.45, 2.75) is 34.2 Å². The number of aromatic amines is 1. The molecule has 2 rings (SSSR count). The summed E-state index contributed by atoms with van der Waals surface area (Å²) in [5, 5.41) is 2.72. The van der Waals surface area contributed by atoms with Gasteiger partial charge in [0.2, 0.25) is 5.91 Å². The topological polar surface area (TPSA) is 91.5 Å². The summed E-state index contributed by atoms with van der Waals surface area (Å²) in [6, 6.07) is 5.81. The third-order valence-electron chi connectivity index (χ3n) is 4.54. The van der Waals surface area contributed by atoms with Crippen molar-refractivity contribution in [2.24, 2.45) is 0 Å². The number of likely N-dealkylation sites (N-methyl/N-ethyl adjacent to an activating group) is 1. The van der Waals surface area contributed by atoms with Crippen LogP contribution in [0.3, 0.4) is 0 Å². The Kier molecular flexibility index (Phi) is 7.52. The number of carbonyl (C=O) groups is 3. The molecule has 0 unspecified atom stereocenters. The van der Waals surface area contributed by atoms with Crippen molar-refractivity contribution in [3.05, 3.63) is 58.2 Å². The first-order valence-electron chi connectivity index (χ1n) is 9.45. The molecule has 0 fully saturated rings. The number of aryl methyl sites for hydroxylation is 1. The van der Waals surface area contributed by atoms with Gasteiger partial charge in [-0.2, -0.15) is 0 Å². The minimum atomic E-state index is -0.488. The number of aromatic nitrogens is 1. The Hall–Kier alpha value is -3.16. The molecule has 0 aliphatic carbocycles. The van der Waals surface area contributed by atoms with Crippen LogP contribution in [0.25, 0.3) is 0 Å². The molecule has 2 N–H and O–H groups in total. The smallest absolute Gasteiger partial charge is 0.340 e. The van der Waals surface area contributed by atoms with Crippen molar-refractivity contribution >= 4 is 17.8 Å². The lowest BCUT2D eigenvalue weighted by Gasteiger charge is -2.20. The van der Waals surface area contributed by atoms with Gasteiger partial charge in [-0.05, 0) is 51.0 Å². The number of esters is 1. The lowest BCUT2D eigenvalue weighted by Crippen LogP contribution is -2.40. The SMILES string of the molecule is CCOC(=O)c1c(C)[nH]c(C(=O)N(CC)CC(=O)NCc2ccc(F)cc2)c1C. The van der Waals surface area contributed by atoms with Crippen LogP contribution < -0.4 is 5.32 Å². The number of hydrogen-bond donors (Lipinski definition) is 2. The maximum absolute atomic E-state index is 12.9. The fourth-order valence-electron chi connectivity index (χ4n) is 2.99. The number of nitrogens with zero attached hydrogens (tertiary/aromatic N) is 1. The monoisotopic (exact) mass is 403 g/mol. The number of carbonyl (C=O) groups excluding carboxylic acids is 3. The molecule has 0 spiro atoms. The zero-order valence-electron chi connectivity index (χ0n) is 17.1. The fraction of sp³-hybridized carbons (Fsp3) is 0.381. The third kappa shape index (κ3) is 5.43. The molecule has 0 atom stereocenters. The zero-order chi connectivity index (χ0) is 21.6. The molecule has 0 aliphatic rings. The van der Waals surface area contributed by atoms with Crippen LogP contribution in [0.5, 0.6) is 0 Å². The predicted octanol–water partition coefficient (Wildman–Crippen LogP) is 2.73. The summed E-state index contributed by atoms with van der Waals surface area (Å²) >= 11 is 0. The largest absolute Gasteiger partial charge is 0.462 e. The van der Waals surface area contributed by atoms with Gasteiger partial charge in [0.05, 0.1) is 18.7 Å². The van der Waals surface area contributed by atoms with E-state index in [0.717, 1.165) is 5.56 Å². The molecule has 0 bridgehead atoms. The minimum Gasteiger partial charge on any atom is -0.462 e.